The Balaban J connectivity index is 1.85. The van der Waals surface area contributed by atoms with E-state index in [9.17, 15) is 14.4 Å². The average Bonchev–Trinajstić information content (AvgIpc) is 2.80. The summed E-state index contributed by atoms with van der Waals surface area (Å²) in [7, 11) is 1.28. The third-order valence-corrected chi connectivity index (χ3v) is 4.40. The number of halogens is 1. The number of carbonyl (C=O) groups is 3. The van der Waals surface area contributed by atoms with E-state index in [2.05, 4.69) is 15.4 Å². The number of methoxy groups -OCH3 is 1. The molecule has 0 atom stereocenters. The van der Waals surface area contributed by atoms with Crippen LogP contribution in [0.2, 0.25) is 5.02 Å². The van der Waals surface area contributed by atoms with Gasteiger partial charge in [-0.15, -0.1) is 0 Å². The minimum Gasteiger partial charge on any atom is -0.469 e. The molecule has 0 spiro atoms. The molecule has 28 heavy (non-hydrogen) atoms. The van der Waals surface area contributed by atoms with Gasteiger partial charge in [0, 0.05) is 11.8 Å². The van der Waals surface area contributed by atoms with Crippen LogP contribution in [-0.2, 0) is 19.1 Å². The molecule has 144 valence electrons. The number of fused-ring (bicyclic) bond motifs is 1. The predicted molar refractivity (Wildman–Crippen MR) is 107 cm³/mol. The van der Waals surface area contributed by atoms with Crippen molar-refractivity contribution in [3.05, 3.63) is 65.3 Å². The normalized spacial score (nSPS) is 13.0. The molecule has 2 aromatic carbocycles. The van der Waals surface area contributed by atoms with Crippen molar-refractivity contribution in [1.82, 2.24) is 0 Å². The molecule has 0 fully saturated rings. The van der Waals surface area contributed by atoms with E-state index in [1.54, 1.807) is 48.5 Å². The molecular weight excluding hydrogens is 382 g/mol. The molecule has 2 N–H and O–H groups in total. The SMILES string of the molecule is COC(=O)CC1=CC(=O)N(CC(=O)Nc2ccccc2Cl)c2ccccc2N1. The number of nitrogens with one attached hydrogen (secondary N) is 2. The van der Waals surface area contributed by atoms with Gasteiger partial charge in [-0.2, -0.15) is 0 Å². The molecule has 0 saturated carbocycles. The fraction of sp³-hybridized carbons (Fsp3) is 0.150. The van der Waals surface area contributed by atoms with E-state index in [0.29, 0.717) is 27.8 Å². The third-order valence-electron chi connectivity index (χ3n) is 4.07. The number of esters is 1. The van der Waals surface area contributed by atoms with Crippen molar-refractivity contribution in [2.75, 3.05) is 29.2 Å². The van der Waals surface area contributed by atoms with E-state index >= 15 is 0 Å². The van der Waals surface area contributed by atoms with Crippen molar-refractivity contribution in [2.45, 2.75) is 6.42 Å². The van der Waals surface area contributed by atoms with Crippen molar-refractivity contribution in [1.29, 1.82) is 0 Å². The van der Waals surface area contributed by atoms with Gasteiger partial charge in [0.25, 0.3) is 5.91 Å². The molecule has 0 unspecified atom stereocenters. The van der Waals surface area contributed by atoms with Gasteiger partial charge in [-0.3, -0.25) is 19.3 Å². The molecule has 3 rings (SSSR count). The highest BCUT2D eigenvalue weighted by Gasteiger charge is 2.25. The maximum atomic E-state index is 12.8. The molecule has 2 aromatic rings. The minimum atomic E-state index is -0.478. The first-order valence-corrected chi connectivity index (χ1v) is 8.85. The zero-order valence-corrected chi connectivity index (χ0v) is 15.8. The van der Waals surface area contributed by atoms with E-state index in [1.165, 1.54) is 18.1 Å². The van der Waals surface area contributed by atoms with Gasteiger partial charge >= 0.3 is 5.97 Å². The molecular formula is C20H18ClN3O4. The molecule has 2 amide bonds. The van der Waals surface area contributed by atoms with E-state index < -0.39 is 17.8 Å². The van der Waals surface area contributed by atoms with E-state index in [1.807, 2.05) is 0 Å². The lowest BCUT2D eigenvalue weighted by molar-refractivity contribution is -0.139. The van der Waals surface area contributed by atoms with E-state index in [-0.39, 0.29) is 13.0 Å². The number of hydrogen-bond donors (Lipinski definition) is 2. The predicted octanol–water partition coefficient (Wildman–Crippen LogP) is 3.18. The fourth-order valence-electron chi connectivity index (χ4n) is 2.75. The second-order valence-electron chi connectivity index (χ2n) is 6.02. The summed E-state index contributed by atoms with van der Waals surface area (Å²) in [6, 6.07) is 13.9. The van der Waals surface area contributed by atoms with Gasteiger partial charge in [0.05, 0.1) is 35.6 Å². The Morgan fingerprint density at radius 2 is 1.86 bits per heavy atom. The summed E-state index contributed by atoms with van der Waals surface area (Å²) in [5.41, 5.74) is 1.98. The summed E-state index contributed by atoms with van der Waals surface area (Å²) >= 11 is 6.07. The molecule has 0 radical (unpaired) electrons. The maximum Gasteiger partial charge on any atom is 0.311 e. The first-order chi connectivity index (χ1) is 13.5. The van der Waals surface area contributed by atoms with E-state index in [4.69, 9.17) is 11.6 Å². The van der Waals surface area contributed by atoms with Crippen LogP contribution in [0.25, 0.3) is 0 Å². The molecule has 7 nitrogen and oxygen atoms in total. The van der Waals surface area contributed by atoms with Crippen molar-refractivity contribution >= 4 is 46.4 Å². The lowest BCUT2D eigenvalue weighted by atomic mass is 10.2. The summed E-state index contributed by atoms with van der Waals surface area (Å²) in [5.74, 6) is -1.30. The topological polar surface area (TPSA) is 87.7 Å². The summed E-state index contributed by atoms with van der Waals surface area (Å²) in [6.45, 7) is -0.218. The van der Waals surface area contributed by atoms with Crippen molar-refractivity contribution in [3.63, 3.8) is 0 Å². The van der Waals surface area contributed by atoms with Crippen molar-refractivity contribution in [3.8, 4) is 0 Å². The Morgan fingerprint density at radius 3 is 2.61 bits per heavy atom. The molecule has 0 aliphatic carbocycles. The van der Waals surface area contributed by atoms with E-state index in [0.717, 1.165) is 0 Å². The Morgan fingerprint density at radius 1 is 1.14 bits per heavy atom. The van der Waals surface area contributed by atoms with Crippen molar-refractivity contribution in [2.24, 2.45) is 0 Å². The Labute approximate surface area is 166 Å². The number of para-hydroxylation sites is 3. The van der Waals surface area contributed by atoms with Crippen LogP contribution >= 0.6 is 11.6 Å². The van der Waals surface area contributed by atoms with Crippen LogP contribution in [0.4, 0.5) is 17.1 Å². The van der Waals surface area contributed by atoms with Crippen LogP contribution in [0.15, 0.2) is 60.3 Å². The lowest BCUT2D eigenvalue weighted by Gasteiger charge is -2.22. The van der Waals surface area contributed by atoms with Crippen LogP contribution in [0.1, 0.15) is 6.42 Å². The maximum absolute atomic E-state index is 12.8. The number of benzene rings is 2. The van der Waals surface area contributed by atoms with Crippen LogP contribution < -0.4 is 15.5 Å². The van der Waals surface area contributed by atoms with Crippen LogP contribution in [0.3, 0.4) is 0 Å². The van der Waals surface area contributed by atoms with Gasteiger partial charge in [-0.25, -0.2) is 0 Å². The van der Waals surface area contributed by atoms with Crippen LogP contribution in [-0.4, -0.2) is 31.4 Å². The highest BCUT2D eigenvalue weighted by molar-refractivity contribution is 6.33. The average molecular weight is 400 g/mol. The molecule has 8 heteroatoms. The van der Waals surface area contributed by atoms with Gasteiger partial charge in [-0.1, -0.05) is 35.9 Å². The van der Waals surface area contributed by atoms with Gasteiger partial charge in [-0.05, 0) is 24.3 Å². The zero-order chi connectivity index (χ0) is 20.1. The number of amides is 2. The summed E-state index contributed by atoms with van der Waals surface area (Å²) in [6.07, 6.45) is 1.20. The zero-order valence-electron chi connectivity index (χ0n) is 15.1. The molecule has 0 aromatic heterocycles. The summed E-state index contributed by atoms with van der Waals surface area (Å²) < 4.78 is 4.66. The largest absolute Gasteiger partial charge is 0.469 e. The first-order valence-electron chi connectivity index (χ1n) is 8.47. The van der Waals surface area contributed by atoms with Gasteiger partial charge in [0.1, 0.15) is 6.54 Å². The Hall–Kier alpha value is -3.32. The Bertz CT molecular complexity index is 958. The fourth-order valence-corrected chi connectivity index (χ4v) is 2.93. The quantitative estimate of drug-likeness (QED) is 0.754. The first kappa shape index (κ1) is 19.4. The molecule has 1 aliphatic rings. The molecule has 0 bridgehead atoms. The smallest absolute Gasteiger partial charge is 0.311 e. The minimum absolute atomic E-state index is 0.0871. The molecule has 0 saturated heterocycles. The number of anilines is 3. The lowest BCUT2D eigenvalue weighted by Crippen LogP contribution is -2.37. The van der Waals surface area contributed by atoms with Crippen LogP contribution in [0.5, 0.6) is 0 Å². The second-order valence-corrected chi connectivity index (χ2v) is 6.42. The third kappa shape index (κ3) is 4.50. The van der Waals surface area contributed by atoms with Gasteiger partial charge in [0.15, 0.2) is 0 Å². The number of ether oxygens (including phenoxy) is 1. The second kappa shape index (κ2) is 8.58. The van der Waals surface area contributed by atoms with Gasteiger partial charge in [0.2, 0.25) is 5.91 Å². The highest BCUT2D eigenvalue weighted by Crippen LogP contribution is 2.30. The monoisotopic (exact) mass is 399 g/mol. The van der Waals surface area contributed by atoms with Crippen LogP contribution in [0, 0.1) is 0 Å². The van der Waals surface area contributed by atoms with Gasteiger partial charge < -0.3 is 15.4 Å². The number of hydrogen-bond acceptors (Lipinski definition) is 5. The number of carbonyl (C=O) groups excluding carboxylic acids is 3. The van der Waals surface area contributed by atoms with Crippen molar-refractivity contribution < 1.29 is 19.1 Å². The highest BCUT2D eigenvalue weighted by atomic mass is 35.5. The summed E-state index contributed by atoms with van der Waals surface area (Å²) in [5, 5.41) is 6.17. The number of rotatable bonds is 5. The molecule has 1 aliphatic heterocycles. The summed E-state index contributed by atoms with van der Waals surface area (Å²) in [4.78, 5) is 38.2. The molecule has 1 heterocycles. The standard InChI is InChI=1S/C20H18ClN3O4/c1-28-20(27)11-13-10-19(26)24(17-9-5-4-8-16(17)22-13)12-18(25)23-15-7-3-2-6-14(15)21/h2-10,22H,11-12H2,1H3,(H,23,25). The number of nitrogens with zero attached hydrogens (tertiary/aromatic N) is 1. The Kier molecular flexibility index (Phi) is 5.96.